The summed E-state index contributed by atoms with van der Waals surface area (Å²) >= 11 is 0. The van der Waals surface area contributed by atoms with Crippen molar-refractivity contribution in [3.8, 4) is 11.5 Å². The molecule has 0 saturated heterocycles. The van der Waals surface area contributed by atoms with Crippen molar-refractivity contribution < 1.29 is 33.0 Å². The lowest BCUT2D eigenvalue weighted by Gasteiger charge is -1.90. The molecule has 5 heteroatoms. The maximum Gasteiger partial charge on any atom is 0.285 e. The molecule has 0 bridgehead atoms. The SMILES string of the molecule is C[n+]1cncc(-c2nc3ccccc3o2)c1.[I-]. The zero-order valence-corrected chi connectivity index (χ0v) is 11.3. The van der Waals surface area contributed by atoms with Gasteiger partial charge in [0.05, 0.1) is 7.05 Å². The summed E-state index contributed by atoms with van der Waals surface area (Å²) in [6, 6.07) is 7.71. The fourth-order valence-electron chi connectivity index (χ4n) is 1.61. The maximum absolute atomic E-state index is 5.64. The molecule has 2 heterocycles. The van der Waals surface area contributed by atoms with Crippen LogP contribution in [0.25, 0.3) is 22.6 Å². The van der Waals surface area contributed by atoms with Crippen molar-refractivity contribution >= 4 is 11.1 Å². The Morgan fingerprint density at radius 2 is 2.06 bits per heavy atom. The maximum atomic E-state index is 5.64. The van der Waals surface area contributed by atoms with E-state index in [0.717, 1.165) is 16.7 Å². The van der Waals surface area contributed by atoms with Gasteiger partial charge in [-0.1, -0.05) is 17.1 Å². The monoisotopic (exact) mass is 339 g/mol. The van der Waals surface area contributed by atoms with Gasteiger partial charge in [0.1, 0.15) is 17.3 Å². The van der Waals surface area contributed by atoms with E-state index in [2.05, 4.69) is 9.97 Å². The topological polar surface area (TPSA) is 42.8 Å². The van der Waals surface area contributed by atoms with Crippen LogP contribution in [0.4, 0.5) is 0 Å². The van der Waals surface area contributed by atoms with Crippen molar-refractivity contribution in [3.63, 3.8) is 0 Å². The Hall–Kier alpha value is -1.50. The van der Waals surface area contributed by atoms with Crippen molar-refractivity contribution in [2.24, 2.45) is 7.05 Å². The van der Waals surface area contributed by atoms with E-state index in [1.807, 2.05) is 42.1 Å². The van der Waals surface area contributed by atoms with Crippen molar-refractivity contribution in [2.75, 3.05) is 0 Å². The summed E-state index contributed by atoms with van der Waals surface area (Å²) in [6.07, 6.45) is 5.40. The number of fused-ring (bicyclic) bond motifs is 1. The third kappa shape index (κ3) is 2.28. The van der Waals surface area contributed by atoms with E-state index in [1.54, 1.807) is 12.5 Å². The molecule has 0 amide bonds. The van der Waals surface area contributed by atoms with Gasteiger partial charge in [0.2, 0.25) is 5.89 Å². The van der Waals surface area contributed by atoms with Gasteiger partial charge in [0.25, 0.3) is 6.33 Å². The number of para-hydroxylation sites is 2. The summed E-state index contributed by atoms with van der Waals surface area (Å²) in [5.74, 6) is 0.602. The Balaban J connectivity index is 0.00000108. The third-order valence-electron chi connectivity index (χ3n) is 2.35. The molecule has 0 fully saturated rings. The normalized spacial score (nSPS) is 10.2. The average molecular weight is 339 g/mol. The summed E-state index contributed by atoms with van der Waals surface area (Å²) in [4.78, 5) is 8.50. The Bertz CT molecular complexity index is 618. The van der Waals surface area contributed by atoms with E-state index >= 15 is 0 Å². The van der Waals surface area contributed by atoms with E-state index in [-0.39, 0.29) is 24.0 Å². The average Bonchev–Trinajstić information content (AvgIpc) is 2.72. The minimum Gasteiger partial charge on any atom is -1.00 e. The molecule has 2 aromatic heterocycles. The van der Waals surface area contributed by atoms with Crippen LogP contribution in [-0.2, 0) is 7.05 Å². The summed E-state index contributed by atoms with van der Waals surface area (Å²) in [6.45, 7) is 0. The lowest BCUT2D eigenvalue weighted by Crippen LogP contribution is -3.00. The molecule has 0 spiro atoms. The van der Waals surface area contributed by atoms with Gasteiger partial charge in [-0.3, -0.25) is 0 Å². The second-order valence-corrected chi connectivity index (χ2v) is 3.63. The standard InChI is InChI=1S/C12H10N3O.HI/c1-15-7-9(6-13-8-15)12-14-10-4-2-3-5-11(10)16-12;/h2-8H,1H3;1H/q+1;/p-1. The summed E-state index contributed by atoms with van der Waals surface area (Å²) in [7, 11) is 1.92. The number of rotatable bonds is 1. The lowest BCUT2D eigenvalue weighted by atomic mass is 10.3. The molecule has 1 aromatic carbocycles. The number of aromatic nitrogens is 3. The van der Waals surface area contributed by atoms with Gasteiger partial charge < -0.3 is 28.4 Å². The van der Waals surface area contributed by atoms with Gasteiger partial charge >= 0.3 is 0 Å². The first-order valence-corrected chi connectivity index (χ1v) is 4.99. The van der Waals surface area contributed by atoms with Crippen LogP contribution in [0.1, 0.15) is 0 Å². The zero-order valence-electron chi connectivity index (χ0n) is 9.17. The molecular formula is C12H10IN3O. The van der Waals surface area contributed by atoms with Crippen LogP contribution in [0.5, 0.6) is 0 Å². The highest BCUT2D eigenvalue weighted by atomic mass is 127. The van der Waals surface area contributed by atoms with Gasteiger partial charge in [-0.15, -0.1) is 0 Å². The molecule has 0 aliphatic rings. The summed E-state index contributed by atoms with van der Waals surface area (Å²) < 4.78 is 7.51. The first kappa shape index (κ1) is 12.0. The van der Waals surface area contributed by atoms with Crippen LogP contribution in [0.2, 0.25) is 0 Å². The molecule has 4 nitrogen and oxygen atoms in total. The Kier molecular flexibility index (Phi) is 3.37. The fraction of sp³-hybridized carbons (Fsp3) is 0.0833. The van der Waals surface area contributed by atoms with Gasteiger partial charge in [0.15, 0.2) is 11.8 Å². The predicted octanol–water partition coefficient (Wildman–Crippen LogP) is -1.28. The molecule has 86 valence electrons. The van der Waals surface area contributed by atoms with Crippen LogP contribution in [0, 0.1) is 0 Å². The number of hydrogen-bond acceptors (Lipinski definition) is 3. The second kappa shape index (κ2) is 4.79. The molecule has 0 N–H and O–H groups in total. The van der Waals surface area contributed by atoms with E-state index in [0.29, 0.717) is 5.89 Å². The number of nitrogens with zero attached hydrogens (tertiary/aromatic N) is 3. The Morgan fingerprint density at radius 1 is 1.24 bits per heavy atom. The van der Waals surface area contributed by atoms with Crippen molar-refractivity contribution in [1.82, 2.24) is 9.97 Å². The van der Waals surface area contributed by atoms with Gasteiger partial charge in [-0.05, 0) is 12.1 Å². The van der Waals surface area contributed by atoms with Crippen molar-refractivity contribution in [1.29, 1.82) is 0 Å². The second-order valence-electron chi connectivity index (χ2n) is 3.63. The summed E-state index contributed by atoms with van der Waals surface area (Å²) in [5.41, 5.74) is 2.54. The molecule has 3 aromatic rings. The van der Waals surface area contributed by atoms with Gasteiger partial charge in [-0.25, -0.2) is 9.55 Å². The highest BCUT2D eigenvalue weighted by Crippen LogP contribution is 2.22. The first-order valence-electron chi connectivity index (χ1n) is 4.99. The molecule has 3 rings (SSSR count). The quantitative estimate of drug-likeness (QED) is 0.410. The lowest BCUT2D eigenvalue weighted by molar-refractivity contribution is -0.674. The van der Waals surface area contributed by atoms with Crippen LogP contribution in [-0.4, -0.2) is 9.97 Å². The molecule has 0 atom stereocenters. The fourth-order valence-corrected chi connectivity index (χ4v) is 1.61. The molecular weight excluding hydrogens is 329 g/mol. The molecule has 0 aliphatic heterocycles. The minimum absolute atomic E-state index is 0. The van der Waals surface area contributed by atoms with E-state index in [4.69, 9.17) is 4.42 Å². The molecule has 0 radical (unpaired) electrons. The van der Waals surface area contributed by atoms with E-state index < -0.39 is 0 Å². The van der Waals surface area contributed by atoms with E-state index in [9.17, 15) is 0 Å². The Labute approximate surface area is 115 Å². The summed E-state index contributed by atoms with van der Waals surface area (Å²) in [5, 5.41) is 0. The molecule has 0 saturated carbocycles. The molecule has 0 aliphatic carbocycles. The number of halogens is 1. The minimum atomic E-state index is 0. The van der Waals surface area contributed by atoms with Gasteiger partial charge in [-0.2, -0.15) is 0 Å². The number of benzene rings is 1. The van der Waals surface area contributed by atoms with Crippen LogP contribution in [0.3, 0.4) is 0 Å². The highest BCUT2D eigenvalue weighted by Gasteiger charge is 2.10. The van der Waals surface area contributed by atoms with Crippen LogP contribution < -0.4 is 28.5 Å². The number of aryl methyl sites for hydroxylation is 1. The zero-order chi connectivity index (χ0) is 11.0. The van der Waals surface area contributed by atoms with Crippen LogP contribution in [0.15, 0.2) is 47.4 Å². The highest BCUT2D eigenvalue weighted by molar-refractivity contribution is 5.75. The number of oxazole rings is 1. The molecule has 0 unspecified atom stereocenters. The third-order valence-corrected chi connectivity index (χ3v) is 2.35. The Morgan fingerprint density at radius 3 is 2.82 bits per heavy atom. The van der Waals surface area contributed by atoms with Gasteiger partial charge in [0, 0.05) is 0 Å². The molecule has 17 heavy (non-hydrogen) atoms. The largest absolute Gasteiger partial charge is 1.00 e. The van der Waals surface area contributed by atoms with Crippen molar-refractivity contribution in [2.45, 2.75) is 0 Å². The smallest absolute Gasteiger partial charge is 0.285 e. The van der Waals surface area contributed by atoms with E-state index in [1.165, 1.54) is 0 Å². The predicted molar refractivity (Wildman–Crippen MR) is 58.4 cm³/mol. The first-order chi connectivity index (χ1) is 7.83. The van der Waals surface area contributed by atoms with Crippen LogP contribution >= 0.6 is 0 Å². The number of hydrogen-bond donors (Lipinski definition) is 0. The van der Waals surface area contributed by atoms with Crippen molar-refractivity contribution in [3.05, 3.63) is 43.0 Å².